The maximum atomic E-state index is 5.49. The third kappa shape index (κ3) is 5.24. The van der Waals surface area contributed by atoms with E-state index in [2.05, 4.69) is 149 Å². The van der Waals surface area contributed by atoms with Gasteiger partial charge in [0.05, 0.1) is 23.8 Å². The number of fused-ring (bicyclic) bond motifs is 9. The highest BCUT2D eigenvalue weighted by Crippen LogP contribution is 2.61. The molecule has 2 saturated heterocycles. The van der Waals surface area contributed by atoms with Gasteiger partial charge in [-0.2, -0.15) is 0 Å². The Morgan fingerprint density at radius 3 is 2.56 bits per heavy atom. The summed E-state index contributed by atoms with van der Waals surface area (Å²) >= 11 is 2.29. The molecule has 6 aliphatic carbocycles. The van der Waals surface area contributed by atoms with Crippen LogP contribution in [0, 0.1) is 41.4 Å². The van der Waals surface area contributed by atoms with Crippen molar-refractivity contribution in [3.63, 3.8) is 0 Å². The molecule has 12 rings (SSSR count). The first-order valence-corrected chi connectivity index (χ1v) is 22.5. The third-order valence-corrected chi connectivity index (χ3v) is 17.0. The lowest BCUT2D eigenvalue weighted by molar-refractivity contribution is 0.0761. The molecule has 0 radical (unpaired) electrons. The minimum Gasteiger partial charge on any atom is -0.360 e. The largest absolute Gasteiger partial charge is 0.360 e. The molecule has 55 heavy (non-hydrogen) atoms. The van der Waals surface area contributed by atoms with E-state index in [0.29, 0.717) is 64.9 Å². The van der Waals surface area contributed by atoms with Gasteiger partial charge in [-0.3, -0.25) is 4.99 Å². The van der Waals surface area contributed by atoms with Gasteiger partial charge in [0.25, 0.3) is 0 Å². The van der Waals surface area contributed by atoms with Crippen LogP contribution in [-0.2, 0) is 0 Å². The van der Waals surface area contributed by atoms with Gasteiger partial charge in [-0.05, 0) is 115 Å². The van der Waals surface area contributed by atoms with Crippen molar-refractivity contribution in [1.29, 1.82) is 0 Å². The van der Waals surface area contributed by atoms with E-state index in [0.717, 1.165) is 18.0 Å². The van der Waals surface area contributed by atoms with Crippen LogP contribution < -0.4 is 0 Å². The molecule has 0 N–H and O–H groups in total. The van der Waals surface area contributed by atoms with Crippen molar-refractivity contribution < 1.29 is 0 Å². The summed E-state index contributed by atoms with van der Waals surface area (Å²) in [5, 5.41) is 0.654. The van der Waals surface area contributed by atoms with Crippen molar-refractivity contribution >= 4 is 23.3 Å². The first-order chi connectivity index (χ1) is 27.3. The van der Waals surface area contributed by atoms with E-state index in [4.69, 9.17) is 9.98 Å². The number of allylic oxidation sites excluding steroid dienone is 11. The predicted molar refractivity (Wildman–Crippen MR) is 228 cm³/mol. The third-order valence-electron chi connectivity index (χ3n) is 15.4. The molecular formula is C50H52N4S. The molecule has 1 aromatic carbocycles. The van der Waals surface area contributed by atoms with Crippen LogP contribution in [0.5, 0.6) is 0 Å². The maximum Gasteiger partial charge on any atom is 0.152 e. The highest BCUT2D eigenvalue weighted by molar-refractivity contribution is 8.04. The number of hydrogen-bond donors (Lipinski definition) is 0. The molecule has 5 heteroatoms. The van der Waals surface area contributed by atoms with Crippen LogP contribution in [-0.4, -0.2) is 56.9 Å². The predicted octanol–water partition coefficient (Wildman–Crippen LogP) is 10.3. The zero-order valence-electron chi connectivity index (χ0n) is 31.7. The first-order valence-electron chi connectivity index (χ1n) is 21.6. The number of aliphatic imine (C=N–C) groups is 2. The number of thioether (sulfide) groups is 1. The molecule has 13 unspecified atom stereocenters. The molecule has 3 fully saturated rings. The molecule has 13 atom stereocenters. The van der Waals surface area contributed by atoms with Gasteiger partial charge >= 0.3 is 0 Å². The van der Waals surface area contributed by atoms with Gasteiger partial charge in [-0.1, -0.05) is 115 Å². The summed E-state index contributed by atoms with van der Waals surface area (Å²) in [4.78, 5) is 18.2. The smallest absolute Gasteiger partial charge is 0.152 e. The average Bonchev–Trinajstić information content (AvgIpc) is 3.91. The molecule has 0 bridgehead atoms. The zero-order valence-corrected chi connectivity index (χ0v) is 32.5. The zero-order chi connectivity index (χ0) is 36.0. The van der Waals surface area contributed by atoms with Gasteiger partial charge in [-0.25, -0.2) is 4.99 Å². The molecule has 278 valence electrons. The van der Waals surface area contributed by atoms with Crippen molar-refractivity contribution in [3.8, 4) is 0 Å². The number of rotatable bonds is 3. The molecule has 1 aromatic rings. The maximum absolute atomic E-state index is 5.49. The fourth-order valence-corrected chi connectivity index (χ4v) is 15.0. The van der Waals surface area contributed by atoms with Gasteiger partial charge in [0, 0.05) is 34.7 Å². The normalized spacial score (nSPS) is 41.4. The Morgan fingerprint density at radius 2 is 1.60 bits per heavy atom. The van der Waals surface area contributed by atoms with Crippen molar-refractivity contribution in [3.05, 3.63) is 155 Å². The standard InChI is InChI=1S/C50H52N4S/c1-2-12-31(13-3-1)40-26-22-32-24-29-47(52-50(32)51-40)54-43-20-10-6-16-36(43)39-30-33(23-27-44(39)54)48-45(28-25-38-37-17-7-11-21-46(37)55-49(38)48)53-41-18-8-4-14-34(41)35-15-5-9-19-42(35)53/h1-4,6-8,10-14,16,20-22,24-26,28-29,32-33,36-39,41,43-45,48-50H,5,9,15,17-19,23,27,30H2. The highest BCUT2D eigenvalue weighted by atomic mass is 32.2. The Bertz CT molecular complexity index is 2140. The average molecular weight is 741 g/mol. The monoisotopic (exact) mass is 740 g/mol. The van der Waals surface area contributed by atoms with Crippen molar-refractivity contribution in [1.82, 2.24) is 9.80 Å². The van der Waals surface area contributed by atoms with E-state index >= 15 is 0 Å². The fourth-order valence-electron chi connectivity index (χ4n) is 13.1. The topological polar surface area (TPSA) is 31.2 Å². The van der Waals surface area contributed by atoms with Crippen molar-refractivity contribution in [2.75, 3.05) is 0 Å². The van der Waals surface area contributed by atoms with Crippen LogP contribution in [0.4, 0.5) is 0 Å². The number of benzene rings is 1. The van der Waals surface area contributed by atoms with Crippen LogP contribution >= 0.6 is 11.8 Å². The van der Waals surface area contributed by atoms with E-state index in [1.54, 1.807) is 21.7 Å². The second-order valence-electron chi connectivity index (χ2n) is 17.9. The highest BCUT2D eigenvalue weighted by Gasteiger charge is 2.57. The number of nitrogens with zero attached hydrogens (tertiary/aromatic N) is 4. The quantitative estimate of drug-likeness (QED) is 0.289. The Kier molecular flexibility index (Phi) is 7.97. The van der Waals surface area contributed by atoms with Crippen LogP contribution in [0.15, 0.2) is 159 Å². The van der Waals surface area contributed by atoms with Gasteiger partial charge in [0.15, 0.2) is 6.17 Å². The summed E-state index contributed by atoms with van der Waals surface area (Å²) in [5.74, 6) is 5.21. The second kappa shape index (κ2) is 13.3. The molecule has 4 nitrogen and oxygen atoms in total. The first kappa shape index (κ1) is 33.1. The van der Waals surface area contributed by atoms with Gasteiger partial charge in [0.2, 0.25) is 0 Å². The lowest BCUT2D eigenvalue weighted by Crippen LogP contribution is -2.53. The summed E-state index contributed by atoms with van der Waals surface area (Å²) in [6.07, 6.45) is 50.2. The van der Waals surface area contributed by atoms with E-state index < -0.39 is 0 Å². The van der Waals surface area contributed by atoms with E-state index in [9.17, 15) is 0 Å². The Balaban J connectivity index is 0.885. The molecule has 11 aliphatic rings. The SMILES string of the molecule is C1=CCC2C(=C1)SC1C2C=CC(N2C3=C(CCCC3)C3=CC=CCC32)C1C1CCC2C(C1)C1C=CC=CC1N2C1=NC2N=C(c3ccccc3)C=CC2C=C1. The van der Waals surface area contributed by atoms with Crippen LogP contribution in [0.25, 0.3) is 0 Å². The van der Waals surface area contributed by atoms with Gasteiger partial charge < -0.3 is 9.80 Å². The summed E-state index contributed by atoms with van der Waals surface area (Å²) in [7, 11) is 0. The molecule has 0 amide bonds. The molecule has 5 aliphatic heterocycles. The van der Waals surface area contributed by atoms with Crippen LogP contribution in [0.3, 0.4) is 0 Å². The van der Waals surface area contributed by atoms with Gasteiger partial charge in [0.1, 0.15) is 5.84 Å². The van der Waals surface area contributed by atoms with Crippen LogP contribution in [0.1, 0.15) is 63.4 Å². The lowest BCUT2D eigenvalue weighted by Gasteiger charge is -2.50. The molecule has 0 spiro atoms. The van der Waals surface area contributed by atoms with E-state index in [1.165, 1.54) is 56.9 Å². The van der Waals surface area contributed by atoms with E-state index in [1.807, 2.05) is 0 Å². The summed E-state index contributed by atoms with van der Waals surface area (Å²) in [5.41, 5.74) is 7.29. The molecule has 0 aromatic heterocycles. The number of dihydropyridines is 2. The lowest BCUT2D eigenvalue weighted by atomic mass is 9.63. The molecule has 1 saturated carbocycles. The molecule has 5 heterocycles. The Hall–Kier alpha value is -4.09. The number of likely N-dealkylation sites (tertiary alicyclic amines) is 1. The summed E-state index contributed by atoms with van der Waals surface area (Å²) < 4.78 is 0. The minimum atomic E-state index is -0.0939. The molecular weight excluding hydrogens is 689 g/mol. The van der Waals surface area contributed by atoms with Crippen molar-refractivity contribution in [2.45, 2.75) is 93.4 Å². The Labute approximate surface area is 331 Å². The van der Waals surface area contributed by atoms with Crippen LogP contribution in [0.2, 0.25) is 0 Å². The van der Waals surface area contributed by atoms with Crippen molar-refractivity contribution in [2.24, 2.45) is 51.4 Å². The summed E-state index contributed by atoms with van der Waals surface area (Å²) in [6.45, 7) is 0. The Morgan fingerprint density at radius 1 is 0.727 bits per heavy atom. The fraction of sp³-hybridized carbons (Fsp3) is 0.440. The van der Waals surface area contributed by atoms with E-state index in [-0.39, 0.29) is 12.1 Å². The minimum absolute atomic E-state index is 0.0939. The number of hydrogen-bond acceptors (Lipinski definition) is 5. The van der Waals surface area contributed by atoms with Gasteiger partial charge in [-0.15, -0.1) is 11.8 Å². The second-order valence-corrected chi connectivity index (χ2v) is 19.2. The number of amidine groups is 1. The summed E-state index contributed by atoms with van der Waals surface area (Å²) in [6, 6.07) is 12.5.